The Kier molecular flexibility index (Phi) is 4.88. The molecule has 152 valence electrons. The molecule has 0 radical (unpaired) electrons. The molecule has 10 heteroatoms. The minimum Gasteiger partial charge on any atom is -0.454 e. The Morgan fingerprint density at radius 2 is 2.14 bits per heavy atom. The van der Waals surface area contributed by atoms with Crippen LogP contribution in [0.1, 0.15) is 18.0 Å². The molecule has 4 rings (SSSR count). The normalized spacial score (nSPS) is 27.8. The van der Waals surface area contributed by atoms with Crippen LogP contribution in [0.15, 0.2) is 18.2 Å². The number of piperazine rings is 1. The van der Waals surface area contributed by atoms with Crippen molar-refractivity contribution >= 4 is 28.7 Å². The van der Waals surface area contributed by atoms with Gasteiger partial charge in [0.2, 0.25) is 17.8 Å². The molecule has 1 aromatic carbocycles. The number of amides is 2. The maximum Gasteiger partial charge on any atom is 0.259 e. The molecule has 3 aliphatic heterocycles. The van der Waals surface area contributed by atoms with Gasteiger partial charge in [0.05, 0.1) is 24.6 Å². The molecule has 0 bridgehead atoms. The number of benzene rings is 1. The predicted molar refractivity (Wildman–Crippen MR) is 101 cm³/mol. The van der Waals surface area contributed by atoms with E-state index in [2.05, 4.69) is 6.07 Å². The minimum atomic E-state index is -1.47. The highest BCUT2D eigenvalue weighted by atomic mass is 32.2. The summed E-state index contributed by atoms with van der Waals surface area (Å²) in [5, 5.41) is 9.46. The van der Waals surface area contributed by atoms with Crippen LogP contribution in [0, 0.1) is 17.2 Å². The monoisotopic (exact) mass is 417 g/mol. The van der Waals surface area contributed by atoms with Crippen molar-refractivity contribution in [2.45, 2.75) is 17.3 Å². The Labute approximate surface area is 171 Å². The number of carbonyl (C=O) groups is 3. The number of likely N-dealkylation sites (N-methyl/N-ethyl adjacent to an activating group) is 1. The molecule has 0 spiro atoms. The molecule has 29 heavy (non-hydrogen) atoms. The number of methoxy groups -OCH3 is 1. The molecule has 2 saturated heterocycles. The van der Waals surface area contributed by atoms with Gasteiger partial charge in [0.1, 0.15) is 6.61 Å². The van der Waals surface area contributed by atoms with Gasteiger partial charge in [-0.15, -0.1) is 0 Å². The molecule has 0 aromatic heterocycles. The van der Waals surface area contributed by atoms with E-state index in [-0.39, 0.29) is 43.3 Å². The van der Waals surface area contributed by atoms with Crippen LogP contribution in [0.25, 0.3) is 0 Å². The maximum absolute atomic E-state index is 13.2. The number of nitriles is 1. The van der Waals surface area contributed by atoms with E-state index in [0.717, 1.165) is 11.8 Å². The molecule has 2 amide bonds. The van der Waals surface area contributed by atoms with Gasteiger partial charge < -0.3 is 24.0 Å². The van der Waals surface area contributed by atoms with E-state index in [9.17, 15) is 19.6 Å². The van der Waals surface area contributed by atoms with Gasteiger partial charge in [0.25, 0.3) is 5.91 Å². The second-order valence-corrected chi connectivity index (χ2v) is 8.45. The Balaban J connectivity index is 1.80. The average Bonchev–Trinajstić information content (AvgIpc) is 3.28. The van der Waals surface area contributed by atoms with Crippen LogP contribution in [0.5, 0.6) is 11.5 Å². The summed E-state index contributed by atoms with van der Waals surface area (Å²) < 4.78 is 15.7. The standard InChI is InChI=1S/C19H19N3O6S/c1-21-8-15(23)22-17(11-3-4-13-14(5-11)28-10-27-13)12(7-20)6-19(22,18(21)25)29-16(24)9-26-2/h3-5,12,17H,6,8-10H2,1-2H3/t12-,17+,19+/m1/s1. The molecule has 0 N–H and O–H groups in total. The Morgan fingerprint density at radius 3 is 2.86 bits per heavy atom. The summed E-state index contributed by atoms with van der Waals surface area (Å²) in [5.74, 6) is -0.248. The van der Waals surface area contributed by atoms with Crippen molar-refractivity contribution < 1.29 is 28.6 Å². The molecular weight excluding hydrogens is 398 g/mol. The lowest BCUT2D eigenvalue weighted by Gasteiger charge is -2.45. The number of thioether (sulfide) groups is 1. The first-order valence-electron chi connectivity index (χ1n) is 8.99. The first-order valence-corrected chi connectivity index (χ1v) is 9.80. The Bertz CT molecular complexity index is 931. The van der Waals surface area contributed by atoms with Crippen molar-refractivity contribution in [2.24, 2.45) is 5.92 Å². The Hall–Kier alpha value is -2.77. The number of hydrogen-bond donors (Lipinski definition) is 0. The summed E-state index contributed by atoms with van der Waals surface area (Å²) >= 11 is 0.765. The predicted octanol–water partition coefficient (Wildman–Crippen LogP) is 0.903. The van der Waals surface area contributed by atoms with Crippen LogP contribution < -0.4 is 9.47 Å². The number of fused-ring (bicyclic) bond motifs is 2. The van der Waals surface area contributed by atoms with Crippen LogP contribution in [0.2, 0.25) is 0 Å². The van der Waals surface area contributed by atoms with Crippen molar-refractivity contribution in [2.75, 3.05) is 34.1 Å². The average molecular weight is 417 g/mol. The van der Waals surface area contributed by atoms with E-state index in [1.54, 1.807) is 18.2 Å². The number of rotatable bonds is 4. The first kappa shape index (κ1) is 19.5. The van der Waals surface area contributed by atoms with Gasteiger partial charge in [0, 0.05) is 20.6 Å². The first-order chi connectivity index (χ1) is 13.9. The van der Waals surface area contributed by atoms with Gasteiger partial charge in [-0.3, -0.25) is 14.4 Å². The van der Waals surface area contributed by atoms with Gasteiger partial charge in [-0.05, 0) is 29.5 Å². The summed E-state index contributed by atoms with van der Waals surface area (Å²) in [5.41, 5.74) is 0.660. The van der Waals surface area contributed by atoms with E-state index in [4.69, 9.17) is 14.2 Å². The zero-order valence-corrected chi connectivity index (χ0v) is 16.7. The fourth-order valence-electron chi connectivity index (χ4n) is 4.17. The zero-order valence-electron chi connectivity index (χ0n) is 15.9. The molecule has 0 unspecified atom stereocenters. The molecule has 9 nitrogen and oxygen atoms in total. The molecule has 0 saturated carbocycles. The van der Waals surface area contributed by atoms with Crippen LogP contribution in [0.4, 0.5) is 0 Å². The third-order valence-corrected chi connectivity index (χ3v) is 6.54. The van der Waals surface area contributed by atoms with Crippen LogP contribution in [-0.2, 0) is 19.1 Å². The fourth-order valence-corrected chi connectivity index (χ4v) is 5.55. The van der Waals surface area contributed by atoms with Gasteiger partial charge in [-0.25, -0.2) is 0 Å². The van der Waals surface area contributed by atoms with Gasteiger partial charge in [0.15, 0.2) is 16.4 Å². The summed E-state index contributed by atoms with van der Waals surface area (Å²) in [4.78, 5) is 39.9. The van der Waals surface area contributed by atoms with Crippen LogP contribution >= 0.6 is 11.8 Å². The van der Waals surface area contributed by atoms with E-state index >= 15 is 0 Å². The van der Waals surface area contributed by atoms with E-state index in [0.29, 0.717) is 17.1 Å². The molecule has 1 aromatic rings. The molecular formula is C19H19N3O6S. The SMILES string of the molecule is COCC(=O)S[C@]12C[C@H](C#N)[C@H](c3ccc4c(c3)OCO4)N1C(=O)CN(C)C2=O. The zero-order chi connectivity index (χ0) is 20.8. The van der Waals surface area contributed by atoms with E-state index < -0.39 is 16.8 Å². The van der Waals surface area contributed by atoms with Crippen molar-refractivity contribution in [3.63, 3.8) is 0 Å². The Morgan fingerprint density at radius 1 is 1.38 bits per heavy atom. The minimum absolute atomic E-state index is 0.0532. The van der Waals surface area contributed by atoms with Crippen molar-refractivity contribution in [3.05, 3.63) is 23.8 Å². The second-order valence-electron chi connectivity index (χ2n) is 7.11. The van der Waals surface area contributed by atoms with Crippen molar-refractivity contribution in [1.29, 1.82) is 5.26 Å². The van der Waals surface area contributed by atoms with Crippen LogP contribution in [0.3, 0.4) is 0 Å². The highest BCUT2D eigenvalue weighted by Gasteiger charge is 2.63. The number of nitrogens with zero attached hydrogens (tertiary/aromatic N) is 3. The fraction of sp³-hybridized carbons (Fsp3) is 0.474. The molecule has 3 heterocycles. The van der Waals surface area contributed by atoms with Crippen LogP contribution in [-0.4, -0.2) is 65.7 Å². The largest absolute Gasteiger partial charge is 0.454 e. The molecule has 3 aliphatic rings. The van der Waals surface area contributed by atoms with E-state index in [1.807, 2.05) is 0 Å². The number of carbonyl (C=O) groups excluding carboxylic acids is 3. The van der Waals surface area contributed by atoms with Gasteiger partial charge >= 0.3 is 0 Å². The third-order valence-electron chi connectivity index (χ3n) is 5.32. The second kappa shape index (κ2) is 7.24. The third kappa shape index (κ3) is 3.01. The summed E-state index contributed by atoms with van der Waals surface area (Å²) in [6, 6.07) is 6.76. The summed E-state index contributed by atoms with van der Waals surface area (Å²) in [6.45, 7) is -0.210. The topological polar surface area (TPSA) is 109 Å². The number of ether oxygens (including phenoxy) is 3. The lowest BCUT2D eigenvalue weighted by molar-refractivity contribution is -0.156. The number of hydrogen-bond acceptors (Lipinski definition) is 8. The highest BCUT2D eigenvalue weighted by molar-refractivity contribution is 8.15. The summed E-state index contributed by atoms with van der Waals surface area (Å²) in [7, 11) is 2.91. The maximum atomic E-state index is 13.2. The molecule has 0 aliphatic carbocycles. The van der Waals surface area contributed by atoms with E-state index in [1.165, 1.54) is 24.0 Å². The van der Waals surface area contributed by atoms with Gasteiger partial charge in [-0.2, -0.15) is 5.26 Å². The lowest BCUT2D eigenvalue weighted by atomic mass is 9.94. The van der Waals surface area contributed by atoms with Crippen molar-refractivity contribution in [1.82, 2.24) is 9.80 Å². The molecule has 3 atom stereocenters. The molecule has 2 fully saturated rings. The van der Waals surface area contributed by atoms with Gasteiger partial charge in [-0.1, -0.05) is 6.07 Å². The summed E-state index contributed by atoms with van der Waals surface area (Å²) in [6.07, 6.45) is 0.0532. The quantitative estimate of drug-likeness (QED) is 0.711. The van der Waals surface area contributed by atoms with Crippen molar-refractivity contribution in [3.8, 4) is 17.6 Å². The highest BCUT2D eigenvalue weighted by Crippen LogP contribution is 2.54. The smallest absolute Gasteiger partial charge is 0.259 e. The lowest BCUT2D eigenvalue weighted by Crippen LogP contribution is -2.63.